The Kier molecular flexibility index (Phi) is 2.24. The molecule has 2 rings (SSSR count). The number of nitrogens with one attached hydrogen (secondary N) is 1. The maximum absolute atomic E-state index is 11.4. The quantitative estimate of drug-likeness (QED) is 0.713. The summed E-state index contributed by atoms with van der Waals surface area (Å²) in [4.78, 5) is 25.1. The van der Waals surface area contributed by atoms with Crippen molar-refractivity contribution in [3.8, 4) is 0 Å². The smallest absolute Gasteiger partial charge is 0.376 e. The summed E-state index contributed by atoms with van der Waals surface area (Å²) >= 11 is 0. The van der Waals surface area contributed by atoms with E-state index in [1.807, 2.05) is 0 Å². The Labute approximate surface area is 84.5 Å². The third kappa shape index (κ3) is 1.61. The average Bonchev–Trinajstić information content (AvgIpc) is 2.66. The molecule has 0 amide bonds. The van der Waals surface area contributed by atoms with Crippen LogP contribution in [0.4, 0.5) is 0 Å². The lowest BCUT2D eigenvalue weighted by Gasteiger charge is -2.00. The van der Waals surface area contributed by atoms with Crippen LogP contribution < -0.4 is 5.56 Å². The van der Waals surface area contributed by atoms with Gasteiger partial charge in [-0.3, -0.25) is 9.78 Å². The van der Waals surface area contributed by atoms with Crippen molar-refractivity contribution >= 4 is 11.5 Å². The van der Waals surface area contributed by atoms with Crippen molar-refractivity contribution in [2.75, 3.05) is 6.61 Å². The molecule has 0 fully saturated rings. The normalized spacial score (nSPS) is 10.5. The molecule has 0 aliphatic carbocycles. The highest BCUT2D eigenvalue weighted by Crippen LogP contribution is 1.97. The van der Waals surface area contributed by atoms with E-state index in [0.29, 0.717) is 5.52 Å². The van der Waals surface area contributed by atoms with Crippen molar-refractivity contribution in [3.63, 3.8) is 0 Å². The molecule has 2 aromatic rings. The molecule has 0 spiro atoms. The minimum atomic E-state index is -0.634. The van der Waals surface area contributed by atoms with Gasteiger partial charge in [-0.25, -0.2) is 9.31 Å². The first kappa shape index (κ1) is 9.45. The lowest BCUT2D eigenvalue weighted by Crippen LogP contribution is -2.20. The number of aromatic nitrogens is 3. The van der Waals surface area contributed by atoms with Crippen LogP contribution in [0.15, 0.2) is 23.1 Å². The maximum atomic E-state index is 11.4. The number of esters is 1. The van der Waals surface area contributed by atoms with Crippen LogP contribution in [0, 0.1) is 0 Å². The molecule has 2 aromatic heterocycles. The first-order valence-electron chi connectivity index (χ1n) is 4.47. The lowest BCUT2D eigenvalue weighted by atomic mass is 10.5. The number of ether oxygens (including phenoxy) is 1. The molecule has 0 saturated heterocycles. The summed E-state index contributed by atoms with van der Waals surface area (Å²) in [5.41, 5.74) is 0.0288. The molecule has 15 heavy (non-hydrogen) atoms. The molecule has 0 aliphatic rings. The van der Waals surface area contributed by atoms with Gasteiger partial charge >= 0.3 is 5.97 Å². The van der Waals surface area contributed by atoms with Gasteiger partial charge in [0, 0.05) is 6.20 Å². The van der Waals surface area contributed by atoms with E-state index in [-0.39, 0.29) is 18.0 Å². The first-order valence-corrected chi connectivity index (χ1v) is 4.47. The molecule has 78 valence electrons. The molecular weight excluding hydrogens is 198 g/mol. The summed E-state index contributed by atoms with van der Waals surface area (Å²) in [6.45, 7) is 1.93. The summed E-state index contributed by atoms with van der Waals surface area (Å²) in [6, 6.07) is 3.28. The number of hydrogen-bond acceptors (Lipinski definition) is 4. The third-order valence-electron chi connectivity index (χ3n) is 1.87. The number of carbonyl (C=O) groups excluding carboxylic acids is 1. The molecule has 0 radical (unpaired) electrons. The standard InChI is InChI=1S/C9H9N3O3/c1-2-15-9(14)7-10-8(13)6-4-3-5-12(6)11-7/h3-5H,2H2,1H3,(H,10,11,13). The third-order valence-corrected chi connectivity index (χ3v) is 1.87. The monoisotopic (exact) mass is 207 g/mol. The van der Waals surface area contributed by atoms with Gasteiger partial charge in [-0.15, -0.1) is 5.10 Å². The zero-order chi connectivity index (χ0) is 10.8. The van der Waals surface area contributed by atoms with Crippen molar-refractivity contribution < 1.29 is 9.53 Å². The molecule has 1 N–H and O–H groups in total. The molecule has 0 atom stereocenters. The van der Waals surface area contributed by atoms with E-state index >= 15 is 0 Å². The number of rotatable bonds is 2. The Morgan fingerprint density at radius 2 is 2.47 bits per heavy atom. The fourth-order valence-corrected chi connectivity index (χ4v) is 1.23. The van der Waals surface area contributed by atoms with E-state index in [4.69, 9.17) is 4.74 Å². The first-order chi connectivity index (χ1) is 7.22. The second-order valence-corrected chi connectivity index (χ2v) is 2.86. The maximum Gasteiger partial charge on any atom is 0.376 e. The van der Waals surface area contributed by atoms with Crippen molar-refractivity contribution in [3.05, 3.63) is 34.5 Å². The Morgan fingerprint density at radius 3 is 3.20 bits per heavy atom. The number of H-pyrrole nitrogens is 1. The molecule has 0 aromatic carbocycles. The topological polar surface area (TPSA) is 76.5 Å². The van der Waals surface area contributed by atoms with E-state index in [2.05, 4.69) is 10.1 Å². The van der Waals surface area contributed by atoms with E-state index in [9.17, 15) is 9.59 Å². The highest BCUT2D eigenvalue weighted by molar-refractivity contribution is 5.85. The molecular formula is C9H9N3O3. The molecule has 0 aliphatic heterocycles. The number of nitrogens with zero attached hydrogens (tertiary/aromatic N) is 2. The van der Waals surface area contributed by atoms with Crippen molar-refractivity contribution in [1.29, 1.82) is 0 Å². The molecule has 2 heterocycles. The minimum Gasteiger partial charge on any atom is -0.460 e. The van der Waals surface area contributed by atoms with E-state index in [1.54, 1.807) is 25.3 Å². The summed E-state index contributed by atoms with van der Waals surface area (Å²) in [6.07, 6.45) is 1.59. The van der Waals surface area contributed by atoms with Gasteiger partial charge < -0.3 is 4.74 Å². The molecule has 0 saturated carbocycles. The highest BCUT2D eigenvalue weighted by atomic mass is 16.5. The van der Waals surface area contributed by atoms with Gasteiger partial charge in [0.15, 0.2) is 0 Å². The van der Waals surface area contributed by atoms with Crippen LogP contribution in [-0.2, 0) is 4.74 Å². The van der Waals surface area contributed by atoms with Gasteiger partial charge in [0.05, 0.1) is 6.61 Å². The average molecular weight is 207 g/mol. The number of carbonyl (C=O) groups is 1. The van der Waals surface area contributed by atoms with Crippen LogP contribution in [0.5, 0.6) is 0 Å². The number of aromatic amines is 1. The van der Waals surface area contributed by atoms with Crippen molar-refractivity contribution in [2.24, 2.45) is 0 Å². The summed E-state index contributed by atoms with van der Waals surface area (Å²) in [5.74, 6) is -0.726. The van der Waals surface area contributed by atoms with E-state index in [1.165, 1.54) is 4.52 Å². The van der Waals surface area contributed by atoms with Crippen molar-refractivity contribution in [2.45, 2.75) is 6.92 Å². The van der Waals surface area contributed by atoms with Crippen LogP contribution in [0.25, 0.3) is 5.52 Å². The highest BCUT2D eigenvalue weighted by Gasteiger charge is 2.11. The summed E-state index contributed by atoms with van der Waals surface area (Å²) in [5, 5.41) is 3.90. The Morgan fingerprint density at radius 1 is 1.67 bits per heavy atom. The predicted molar refractivity (Wildman–Crippen MR) is 51.8 cm³/mol. The Hall–Kier alpha value is -2.11. The van der Waals surface area contributed by atoms with Crippen LogP contribution in [0.2, 0.25) is 0 Å². The SMILES string of the molecule is CCOC(=O)c1nn2cccc2c(=O)[nH]1. The van der Waals surface area contributed by atoms with Crippen LogP contribution in [0.3, 0.4) is 0 Å². The van der Waals surface area contributed by atoms with Crippen LogP contribution in [-0.4, -0.2) is 27.2 Å². The van der Waals surface area contributed by atoms with Gasteiger partial charge in [-0.05, 0) is 19.1 Å². The fraction of sp³-hybridized carbons (Fsp3) is 0.222. The van der Waals surface area contributed by atoms with Gasteiger partial charge in [0.2, 0.25) is 5.82 Å². The zero-order valence-electron chi connectivity index (χ0n) is 8.06. The van der Waals surface area contributed by atoms with Crippen molar-refractivity contribution in [1.82, 2.24) is 14.6 Å². The van der Waals surface area contributed by atoms with Gasteiger partial charge in [-0.1, -0.05) is 0 Å². The zero-order valence-corrected chi connectivity index (χ0v) is 8.06. The number of hydrogen-bond donors (Lipinski definition) is 1. The molecule has 0 bridgehead atoms. The van der Waals surface area contributed by atoms with Gasteiger partial charge in [0.1, 0.15) is 5.52 Å². The fourth-order valence-electron chi connectivity index (χ4n) is 1.23. The van der Waals surface area contributed by atoms with E-state index < -0.39 is 5.97 Å². The molecule has 6 heteroatoms. The minimum absolute atomic E-state index is 0.0921. The Balaban J connectivity index is 2.54. The summed E-state index contributed by atoms with van der Waals surface area (Å²) < 4.78 is 6.06. The second kappa shape index (κ2) is 3.56. The molecule has 0 unspecified atom stereocenters. The Bertz CT molecular complexity index is 555. The molecule has 6 nitrogen and oxygen atoms in total. The largest absolute Gasteiger partial charge is 0.460 e. The lowest BCUT2D eigenvalue weighted by molar-refractivity contribution is 0.0509. The second-order valence-electron chi connectivity index (χ2n) is 2.86. The van der Waals surface area contributed by atoms with Crippen LogP contribution >= 0.6 is 0 Å². The van der Waals surface area contributed by atoms with Gasteiger partial charge in [0.25, 0.3) is 5.56 Å². The van der Waals surface area contributed by atoms with E-state index in [0.717, 1.165) is 0 Å². The van der Waals surface area contributed by atoms with Crippen LogP contribution in [0.1, 0.15) is 17.5 Å². The number of fused-ring (bicyclic) bond motifs is 1. The van der Waals surface area contributed by atoms with Gasteiger partial charge in [-0.2, -0.15) is 0 Å². The summed E-state index contributed by atoms with van der Waals surface area (Å²) in [7, 11) is 0. The predicted octanol–water partition coefficient (Wildman–Crippen LogP) is 0.199.